The fourth-order valence-corrected chi connectivity index (χ4v) is 1.91. The van der Waals surface area contributed by atoms with Gasteiger partial charge in [-0.2, -0.15) is 0 Å². The summed E-state index contributed by atoms with van der Waals surface area (Å²) in [5.74, 6) is 1.59. The second kappa shape index (κ2) is 7.99. The van der Waals surface area contributed by atoms with Gasteiger partial charge < -0.3 is 19.8 Å². The Balaban J connectivity index is 1.64. The number of nitrogens with one attached hydrogen (secondary N) is 2. The number of urea groups is 1. The third-order valence-corrected chi connectivity index (χ3v) is 3.00. The lowest BCUT2D eigenvalue weighted by atomic mass is 10.1. The molecule has 0 saturated heterocycles. The molecule has 112 valence electrons. The van der Waals surface area contributed by atoms with Crippen molar-refractivity contribution in [1.29, 1.82) is 0 Å². The van der Waals surface area contributed by atoms with Crippen LogP contribution in [0.25, 0.3) is 0 Å². The minimum absolute atomic E-state index is 0.237. The van der Waals surface area contributed by atoms with Crippen molar-refractivity contribution in [2.45, 2.75) is 19.9 Å². The molecule has 0 aliphatic heterocycles. The molecule has 0 radical (unpaired) electrons. The third-order valence-electron chi connectivity index (χ3n) is 3.00. The number of amides is 2. The average Bonchev–Trinajstić information content (AvgIpc) is 3.03. The Bertz CT molecular complexity index is 552. The Morgan fingerprint density at radius 2 is 2.05 bits per heavy atom. The summed E-state index contributed by atoms with van der Waals surface area (Å²) >= 11 is 0. The summed E-state index contributed by atoms with van der Waals surface area (Å²) < 4.78 is 10.8. The molecule has 5 heteroatoms. The Labute approximate surface area is 124 Å². The molecular weight excluding hydrogens is 268 g/mol. The Hall–Kier alpha value is -2.43. The maximum atomic E-state index is 11.6. The van der Waals surface area contributed by atoms with E-state index in [1.54, 1.807) is 12.3 Å². The molecule has 0 unspecified atom stereocenters. The zero-order valence-electron chi connectivity index (χ0n) is 12.1. The summed E-state index contributed by atoms with van der Waals surface area (Å²) in [5, 5.41) is 5.44. The molecule has 0 spiro atoms. The smallest absolute Gasteiger partial charge is 0.315 e. The quantitative estimate of drug-likeness (QED) is 0.770. The van der Waals surface area contributed by atoms with Crippen molar-refractivity contribution in [3.05, 3.63) is 54.0 Å². The van der Waals surface area contributed by atoms with E-state index in [1.807, 2.05) is 30.3 Å². The van der Waals surface area contributed by atoms with Gasteiger partial charge in [0.05, 0.1) is 19.4 Å². The maximum absolute atomic E-state index is 11.6. The standard InChI is InChI=1S/C16H20N2O3/c1-2-13-6-3-4-8-15(13)21-11-9-17-16(19)18-12-14-7-5-10-20-14/h3-8,10H,2,9,11-12H2,1H3,(H2,17,18,19). The Morgan fingerprint density at radius 3 is 2.81 bits per heavy atom. The van der Waals surface area contributed by atoms with E-state index < -0.39 is 0 Å². The first-order chi connectivity index (χ1) is 10.3. The highest BCUT2D eigenvalue weighted by Crippen LogP contribution is 2.17. The van der Waals surface area contributed by atoms with Crippen LogP contribution in [0.15, 0.2) is 47.1 Å². The fraction of sp³-hybridized carbons (Fsp3) is 0.312. The van der Waals surface area contributed by atoms with Crippen LogP contribution in [0, 0.1) is 0 Å². The number of para-hydroxylation sites is 1. The number of furan rings is 1. The SMILES string of the molecule is CCc1ccccc1OCCNC(=O)NCc1ccco1. The van der Waals surface area contributed by atoms with Gasteiger partial charge in [0.25, 0.3) is 0 Å². The minimum Gasteiger partial charge on any atom is -0.491 e. The minimum atomic E-state index is -0.237. The predicted octanol–water partition coefficient (Wildman–Crippen LogP) is 2.72. The van der Waals surface area contributed by atoms with Crippen LogP contribution in [0.2, 0.25) is 0 Å². The first-order valence-electron chi connectivity index (χ1n) is 7.04. The molecule has 21 heavy (non-hydrogen) atoms. The van der Waals surface area contributed by atoms with Gasteiger partial charge in [-0.15, -0.1) is 0 Å². The molecule has 0 atom stereocenters. The van der Waals surface area contributed by atoms with Gasteiger partial charge in [-0.25, -0.2) is 4.79 Å². The summed E-state index contributed by atoms with van der Waals surface area (Å²) in [6.45, 7) is 3.34. The van der Waals surface area contributed by atoms with Crippen LogP contribution in [0.5, 0.6) is 5.75 Å². The van der Waals surface area contributed by atoms with Crippen LogP contribution in [0.3, 0.4) is 0 Å². The van der Waals surface area contributed by atoms with Crippen LogP contribution in [-0.2, 0) is 13.0 Å². The first kappa shape index (κ1) is 15.0. The number of aryl methyl sites for hydroxylation is 1. The second-order valence-corrected chi connectivity index (χ2v) is 4.50. The lowest BCUT2D eigenvalue weighted by Gasteiger charge is -2.11. The summed E-state index contributed by atoms with van der Waals surface area (Å²) in [4.78, 5) is 11.6. The van der Waals surface area contributed by atoms with Crippen LogP contribution in [-0.4, -0.2) is 19.2 Å². The molecule has 1 heterocycles. The normalized spacial score (nSPS) is 10.1. The van der Waals surface area contributed by atoms with Crippen molar-refractivity contribution < 1.29 is 13.9 Å². The molecule has 5 nitrogen and oxygen atoms in total. The fourth-order valence-electron chi connectivity index (χ4n) is 1.91. The van der Waals surface area contributed by atoms with Gasteiger partial charge in [-0.05, 0) is 30.2 Å². The van der Waals surface area contributed by atoms with Crippen molar-refractivity contribution in [1.82, 2.24) is 10.6 Å². The molecule has 2 N–H and O–H groups in total. The summed E-state index contributed by atoms with van der Waals surface area (Å²) in [7, 11) is 0. The number of rotatable bonds is 7. The highest BCUT2D eigenvalue weighted by molar-refractivity contribution is 5.73. The Kier molecular flexibility index (Phi) is 5.70. The number of carbonyl (C=O) groups is 1. The summed E-state index contributed by atoms with van der Waals surface area (Å²) in [5.41, 5.74) is 1.17. The zero-order valence-corrected chi connectivity index (χ0v) is 12.1. The van der Waals surface area contributed by atoms with E-state index in [0.717, 1.165) is 17.9 Å². The largest absolute Gasteiger partial charge is 0.491 e. The molecule has 2 amide bonds. The number of hydrogen-bond acceptors (Lipinski definition) is 3. The number of ether oxygens (including phenoxy) is 1. The van der Waals surface area contributed by atoms with E-state index in [1.165, 1.54) is 5.56 Å². The summed E-state index contributed by atoms with van der Waals surface area (Å²) in [6.07, 6.45) is 2.50. The Morgan fingerprint density at radius 1 is 1.19 bits per heavy atom. The van der Waals surface area contributed by atoms with Crippen LogP contribution < -0.4 is 15.4 Å². The van der Waals surface area contributed by atoms with Crippen LogP contribution in [0.4, 0.5) is 4.79 Å². The molecular formula is C16H20N2O3. The highest BCUT2D eigenvalue weighted by Gasteiger charge is 2.03. The lowest BCUT2D eigenvalue weighted by molar-refractivity contribution is 0.235. The van der Waals surface area contributed by atoms with Crippen LogP contribution in [0.1, 0.15) is 18.2 Å². The topological polar surface area (TPSA) is 63.5 Å². The van der Waals surface area contributed by atoms with E-state index in [2.05, 4.69) is 17.6 Å². The number of carbonyl (C=O) groups excluding carboxylic acids is 1. The molecule has 0 aliphatic rings. The van der Waals surface area contributed by atoms with E-state index in [0.29, 0.717) is 19.7 Å². The van der Waals surface area contributed by atoms with Gasteiger partial charge in [0, 0.05) is 0 Å². The summed E-state index contributed by atoms with van der Waals surface area (Å²) in [6, 6.07) is 11.3. The van der Waals surface area contributed by atoms with Gasteiger partial charge in [-0.3, -0.25) is 0 Å². The van der Waals surface area contributed by atoms with Crippen molar-refractivity contribution >= 4 is 6.03 Å². The van der Waals surface area contributed by atoms with Gasteiger partial charge >= 0.3 is 6.03 Å². The molecule has 0 bridgehead atoms. The molecule has 2 rings (SSSR count). The van der Waals surface area contributed by atoms with E-state index in [-0.39, 0.29) is 6.03 Å². The van der Waals surface area contributed by atoms with E-state index in [9.17, 15) is 4.79 Å². The van der Waals surface area contributed by atoms with E-state index >= 15 is 0 Å². The maximum Gasteiger partial charge on any atom is 0.315 e. The van der Waals surface area contributed by atoms with Crippen molar-refractivity contribution in [3.63, 3.8) is 0 Å². The van der Waals surface area contributed by atoms with Crippen molar-refractivity contribution in [2.75, 3.05) is 13.2 Å². The van der Waals surface area contributed by atoms with Crippen molar-refractivity contribution in [2.24, 2.45) is 0 Å². The lowest BCUT2D eigenvalue weighted by Crippen LogP contribution is -2.37. The molecule has 0 aliphatic carbocycles. The van der Waals surface area contributed by atoms with E-state index in [4.69, 9.17) is 9.15 Å². The molecule has 2 aromatic rings. The van der Waals surface area contributed by atoms with Crippen LogP contribution >= 0.6 is 0 Å². The van der Waals surface area contributed by atoms with Gasteiger partial charge in [0.1, 0.15) is 18.1 Å². The molecule has 1 aromatic carbocycles. The molecule has 1 aromatic heterocycles. The first-order valence-corrected chi connectivity index (χ1v) is 7.04. The number of benzene rings is 1. The second-order valence-electron chi connectivity index (χ2n) is 4.50. The van der Waals surface area contributed by atoms with Gasteiger partial charge in [0.15, 0.2) is 0 Å². The number of hydrogen-bond donors (Lipinski definition) is 2. The predicted molar refractivity (Wildman–Crippen MR) is 80.3 cm³/mol. The van der Waals surface area contributed by atoms with Gasteiger partial charge in [0.2, 0.25) is 0 Å². The molecule has 0 fully saturated rings. The third kappa shape index (κ3) is 4.87. The monoisotopic (exact) mass is 288 g/mol. The van der Waals surface area contributed by atoms with Crippen molar-refractivity contribution in [3.8, 4) is 5.75 Å². The average molecular weight is 288 g/mol. The highest BCUT2D eigenvalue weighted by atomic mass is 16.5. The molecule has 0 saturated carbocycles. The van der Waals surface area contributed by atoms with Gasteiger partial charge in [-0.1, -0.05) is 25.1 Å². The zero-order chi connectivity index (χ0) is 14.9.